The van der Waals surface area contributed by atoms with Crippen LogP contribution in [-0.2, 0) is 20.8 Å². The highest BCUT2D eigenvalue weighted by Gasteiger charge is 2.60. The lowest BCUT2D eigenvalue weighted by Gasteiger charge is -2.31. The second kappa shape index (κ2) is 10.6. The average Bonchev–Trinajstić information content (AvgIpc) is 3.17. The summed E-state index contributed by atoms with van der Waals surface area (Å²) in [5.74, 6) is -1.72. The molecule has 2 heterocycles. The van der Waals surface area contributed by atoms with E-state index in [-0.39, 0.29) is 48.2 Å². The Hall–Kier alpha value is -3.89. The molecule has 0 radical (unpaired) electrons. The fraction of sp³-hybridized carbons (Fsp3) is 0.483. The molecule has 0 bridgehead atoms. The quantitative estimate of drug-likeness (QED) is 0.547. The molecule has 40 heavy (non-hydrogen) atoms. The number of rotatable bonds is 7. The first-order valence-electron chi connectivity index (χ1n) is 13.4. The topological polar surface area (TPSA) is 91.4 Å². The van der Waals surface area contributed by atoms with Crippen molar-refractivity contribution in [1.29, 1.82) is 0 Å². The molecule has 1 N–H and O–H groups in total. The van der Waals surface area contributed by atoms with E-state index >= 15 is 8.78 Å². The number of carbonyl (C=O) groups is 3. The minimum atomic E-state index is -0.778. The van der Waals surface area contributed by atoms with Gasteiger partial charge in [-0.2, -0.15) is 0 Å². The van der Waals surface area contributed by atoms with Crippen LogP contribution < -0.4 is 15.1 Å². The van der Waals surface area contributed by atoms with E-state index in [1.165, 1.54) is 6.92 Å². The molecule has 11 heteroatoms. The first-order chi connectivity index (χ1) is 18.9. The molecule has 2 aromatic carbocycles. The zero-order valence-electron chi connectivity index (χ0n) is 23.0. The molecule has 4 atom stereocenters. The van der Waals surface area contributed by atoms with E-state index in [1.807, 2.05) is 51.1 Å². The maximum absolute atomic E-state index is 15.3. The Morgan fingerprint density at radius 3 is 2.27 bits per heavy atom. The molecule has 1 unspecified atom stereocenters. The lowest BCUT2D eigenvalue weighted by atomic mass is 10.2. The van der Waals surface area contributed by atoms with Gasteiger partial charge in [0.1, 0.15) is 17.4 Å². The van der Waals surface area contributed by atoms with Crippen molar-refractivity contribution in [3.63, 3.8) is 0 Å². The number of amides is 3. The molecule has 2 aromatic rings. The van der Waals surface area contributed by atoms with Gasteiger partial charge in [0, 0.05) is 56.6 Å². The summed E-state index contributed by atoms with van der Waals surface area (Å²) < 4.78 is 41.5. The predicted octanol–water partition coefficient (Wildman–Crippen LogP) is 4.30. The maximum Gasteiger partial charge on any atom is 0.414 e. The van der Waals surface area contributed by atoms with Gasteiger partial charge < -0.3 is 24.6 Å². The summed E-state index contributed by atoms with van der Waals surface area (Å²) in [4.78, 5) is 41.1. The normalized spacial score (nSPS) is 23.5. The molecule has 0 spiro atoms. The summed E-state index contributed by atoms with van der Waals surface area (Å²) in [6, 6.07) is 11.8. The van der Waals surface area contributed by atoms with Crippen molar-refractivity contribution in [3.8, 4) is 0 Å². The van der Waals surface area contributed by atoms with Gasteiger partial charge >= 0.3 is 12.2 Å². The standard InChI is InChI=1S/C29H34F2N4O5/c1-17(36)32-12-20-14-34(27(37)39-20)19-10-23(30)26(24(31)11-19)33-15-21-22(16-33)25(21)35(28(38)40-29(2,3)4)13-18-8-6-5-7-9-18/h5-11,20-22,25H,12-16H2,1-4H3,(H,32,36)/t20-,21-,22+,25?/m0/s1. The number of nitrogens with zero attached hydrogens (tertiary/aromatic N) is 3. The summed E-state index contributed by atoms with van der Waals surface area (Å²) in [5, 5.41) is 2.57. The highest BCUT2D eigenvalue weighted by Crippen LogP contribution is 2.51. The van der Waals surface area contributed by atoms with Crippen LogP contribution in [0.2, 0.25) is 0 Å². The fourth-order valence-corrected chi connectivity index (χ4v) is 5.64. The Morgan fingerprint density at radius 2 is 1.70 bits per heavy atom. The Labute approximate surface area is 232 Å². The Morgan fingerprint density at radius 1 is 1.07 bits per heavy atom. The first-order valence-corrected chi connectivity index (χ1v) is 13.4. The summed E-state index contributed by atoms with van der Waals surface area (Å²) in [5.41, 5.74) is 0.226. The van der Waals surface area contributed by atoms with Crippen molar-refractivity contribution in [1.82, 2.24) is 10.2 Å². The molecule has 3 fully saturated rings. The summed E-state index contributed by atoms with van der Waals surface area (Å²) in [6.07, 6.45) is -1.75. The molecule has 9 nitrogen and oxygen atoms in total. The summed E-state index contributed by atoms with van der Waals surface area (Å²) in [6.45, 7) is 8.16. The van der Waals surface area contributed by atoms with Gasteiger partial charge in [0.15, 0.2) is 11.6 Å². The molecule has 3 aliphatic rings. The van der Waals surface area contributed by atoms with Gasteiger partial charge in [-0.25, -0.2) is 18.4 Å². The number of ether oxygens (including phenoxy) is 2. The van der Waals surface area contributed by atoms with Crippen LogP contribution in [0.25, 0.3) is 0 Å². The fourth-order valence-electron chi connectivity index (χ4n) is 5.64. The van der Waals surface area contributed by atoms with Crippen molar-refractivity contribution in [2.75, 3.05) is 36.0 Å². The largest absolute Gasteiger partial charge is 0.444 e. The van der Waals surface area contributed by atoms with Gasteiger partial charge in [-0.15, -0.1) is 0 Å². The molecule has 1 saturated carbocycles. The number of hydrogen-bond acceptors (Lipinski definition) is 6. The lowest BCUT2D eigenvalue weighted by Crippen LogP contribution is -2.41. The minimum absolute atomic E-state index is 0.0512. The van der Waals surface area contributed by atoms with E-state index in [9.17, 15) is 14.4 Å². The third kappa shape index (κ3) is 5.83. The van der Waals surface area contributed by atoms with E-state index in [0.717, 1.165) is 22.6 Å². The SMILES string of the molecule is CC(=O)NC[C@H]1CN(c2cc(F)c(N3C[C@@H]4C(N(Cc5ccccc5)C(=O)OC(C)(C)C)[C@@H]4C3)c(F)c2)C(=O)O1. The number of anilines is 2. The van der Waals surface area contributed by atoms with Crippen LogP contribution in [-0.4, -0.2) is 66.9 Å². The van der Waals surface area contributed by atoms with Crippen LogP contribution in [0, 0.1) is 23.5 Å². The highest BCUT2D eigenvalue weighted by atomic mass is 19.1. The number of fused-ring (bicyclic) bond motifs is 1. The average molecular weight is 557 g/mol. The van der Waals surface area contributed by atoms with Crippen LogP contribution in [0.1, 0.15) is 33.3 Å². The molecule has 0 aromatic heterocycles. The van der Waals surface area contributed by atoms with Crippen molar-refractivity contribution in [2.24, 2.45) is 11.8 Å². The summed E-state index contributed by atoms with van der Waals surface area (Å²) >= 11 is 0. The number of piperidine rings is 1. The molecular formula is C29H34F2N4O5. The van der Waals surface area contributed by atoms with Gasteiger partial charge in [-0.1, -0.05) is 30.3 Å². The summed E-state index contributed by atoms with van der Waals surface area (Å²) in [7, 11) is 0. The van der Waals surface area contributed by atoms with E-state index in [4.69, 9.17) is 9.47 Å². The number of halogens is 2. The number of hydrogen-bond donors (Lipinski definition) is 1. The Balaban J connectivity index is 1.27. The van der Waals surface area contributed by atoms with Crippen LogP contribution in [0.3, 0.4) is 0 Å². The first kappa shape index (κ1) is 27.7. The van der Waals surface area contributed by atoms with Gasteiger partial charge in [-0.3, -0.25) is 9.69 Å². The van der Waals surface area contributed by atoms with E-state index in [0.29, 0.717) is 19.6 Å². The van der Waals surface area contributed by atoms with Crippen LogP contribution >= 0.6 is 0 Å². The number of cyclic esters (lactones) is 1. The minimum Gasteiger partial charge on any atom is -0.444 e. The van der Waals surface area contributed by atoms with Crippen LogP contribution in [0.5, 0.6) is 0 Å². The molecule has 1 aliphatic carbocycles. The molecule has 2 saturated heterocycles. The second-order valence-corrected chi connectivity index (χ2v) is 11.6. The molecule has 2 aliphatic heterocycles. The lowest BCUT2D eigenvalue weighted by molar-refractivity contribution is -0.119. The van der Waals surface area contributed by atoms with Crippen molar-refractivity contribution < 1.29 is 32.6 Å². The molecular weight excluding hydrogens is 522 g/mol. The molecule has 5 rings (SSSR count). The van der Waals surface area contributed by atoms with E-state index in [1.54, 1.807) is 9.80 Å². The van der Waals surface area contributed by atoms with Crippen molar-refractivity contribution in [3.05, 3.63) is 59.7 Å². The van der Waals surface area contributed by atoms with Gasteiger partial charge in [0.25, 0.3) is 0 Å². The number of carbonyl (C=O) groups excluding carboxylic acids is 3. The zero-order chi connectivity index (χ0) is 28.8. The van der Waals surface area contributed by atoms with Gasteiger partial charge in [0.2, 0.25) is 5.91 Å². The third-order valence-electron chi connectivity index (χ3n) is 7.41. The Bertz CT molecular complexity index is 1270. The second-order valence-electron chi connectivity index (χ2n) is 11.6. The van der Waals surface area contributed by atoms with E-state index < -0.39 is 35.5 Å². The number of nitrogens with one attached hydrogen (secondary N) is 1. The smallest absolute Gasteiger partial charge is 0.414 e. The van der Waals surface area contributed by atoms with Crippen LogP contribution in [0.15, 0.2) is 42.5 Å². The predicted molar refractivity (Wildman–Crippen MR) is 144 cm³/mol. The van der Waals surface area contributed by atoms with Crippen LogP contribution in [0.4, 0.5) is 29.7 Å². The van der Waals surface area contributed by atoms with Crippen molar-refractivity contribution in [2.45, 2.75) is 52.0 Å². The highest BCUT2D eigenvalue weighted by molar-refractivity contribution is 5.90. The Kier molecular flexibility index (Phi) is 7.32. The monoisotopic (exact) mass is 556 g/mol. The van der Waals surface area contributed by atoms with Gasteiger partial charge in [-0.05, 0) is 26.3 Å². The van der Waals surface area contributed by atoms with Crippen molar-refractivity contribution >= 4 is 29.5 Å². The third-order valence-corrected chi connectivity index (χ3v) is 7.41. The number of benzene rings is 2. The zero-order valence-corrected chi connectivity index (χ0v) is 23.0. The molecule has 214 valence electrons. The van der Waals surface area contributed by atoms with Gasteiger partial charge in [0.05, 0.1) is 18.8 Å². The van der Waals surface area contributed by atoms with E-state index in [2.05, 4.69) is 5.32 Å². The molecule has 3 amide bonds. The maximum atomic E-state index is 15.3.